The third kappa shape index (κ3) is 3.40. The van der Waals surface area contributed by atoms with Crippen LogP contribution in [-0.2, 0) is 9.59 Å². The number of para-hydroxylation sites is 3. The highest BCUT2D eigenvalue weighted by atomic mass is 19.1. The molecule has 1 aliphatic heterocycles. The van der Waals surface area contributed by atoms with Crippen molar-refractivity contribution in [3.05, 3.63) is 54.3 Å². The minimum Gasteiger partial charge on any atom is -0.310 e. The number of halogens is 1. The van der Waals surface area contributed by atoms with Gasteiger partial charge in [0.2, 0.25) is 11.8 Å². The van der Waals surface area contributed by atoms with Gasteiger partial charge >= 0.3 is 0 Å². The summed E-state index contributed by atoms with van der Waals surface area (Å²) in [4.78, 5) is 28.3. The van der Waals surface area contributed by atoms with Gasteiger partial charge in [0, 0.05) is 6.54 Å². The molecular weight excluding hydrogens is 319 g/mol. The zero-order valence-electron chi connectivity index (χ0n) is 14.4. The van der Waals surface area contributed by atoms with Gasteiger partial charge in [-0.3, -0.25) is 14.5 Å². The number of rotatable bonds is 4. The fraction of sp³-hybridized carbons (Fsp3) is 0.300. The van der Waals surface area contributed by atoms with E-state index >= 15 is 0 Å². The van der Waals surface area contributed by atoms with E-state index in [-0.39, 0.29) is 18.0 Å². The normalized spacial score (nSPS) is 14.7. The molecule has 5 heteroatoms. The van der Waals surface area contributed by atoms with Gasteiger partial charge < -0.3 is 4.90 Å². The molecule has 25 heavy (non-hydrogen) atoms. The predicted molar refractivity (Wildman–Crippen MR) is 96.4 cm³/mol. The molecule has 0 saturated heterocycles. The van der Waals surface area contributed by atoms with E-state index in [2.05, 4.69) is 13.8 Å². The van der Waals surface area contributed by atoms with E-state index < -0.39 is 11.7 Å². The van der Waals surface area contributed by atoms with Crippen molar-refractivity contribution in [2.24, 2.45) is 5.92 Å². The standard InChI is InChI=1S/C20H21FN2O2/c1-14(2)11-12-22-17-9-5-6-10-18(17)23(20(25)13-19(22)24)16-8-4-3-7-15(16)21/h3-10,14H,11-13H2,1-2H3. The van der Waals surface area contributed by atoms with E-state index in [0.717, 1.165) is 6.42 Å². The molecule has 1 aliphatic rings. The van der Waals surface area contributed by atoms with E-state index in [0.29, 0.717) is 23.8 Å². The summed E-state index contributed by atoms with van der Waals surface area (Å²) in [6, 6.07) is 13.3. The van der Waals surface area contributed by atoms with Crippen LogP contribution >= 0.6 is 0 Å². The SMILES string of the molecule is CC(C)CCN1C(=O)CC(=O)N(c2ccccc2F)c2ccccc21. The zero-order valence-corrected chi connectivity index (χ0v) is 14.4. The van der Waals surface area contributed by atoms with E-state index in [1.807, 2.05) is 6.07 Å². The van der Waals surface area contributed by atoms with Crippen molar-refractivity contribution < 1.29 is 14.0 Å². The predicted octanol–water partition coefficient (Wildman–Crippen LogP) is 4.27. The highest BCUT2D eigenvalue weighted by Crippen LogP contribution is 2.38. The molecule has 0 unspecified atom stereocenters. The van der Waals surface area contributed by atoms with Crippen LogP contribution < -0.4 is 9.80 Å². The summed E-state index contributed by atoms with van der Waals surface area (Å²) in [6.45, 7) is 4.71. The lowest BCUT2D eigenvalue weighted by atomic mass is 10.1. The Morgan fingerprint density at radius 3 is 2.16 bits per heavy atom. The monoisotopic (exact) mass is 340 g/mol. The van der Waals surface area contributed by atoms with Gasteiger partial charge in [-0.15, -0.1) is 0 Å². The average Bonchev–Trinajstić information content (AvgIpc) is 2.67. The number of benzene rings is 2. The van der Waals surface area contributed by atoms with E-state index in [9.17, 15) is 14.0 Å². The third-order valence-corrected chi connectivity index (χ3v) is 4.29. The van der Waals surface area contributed by atoms with Crippen LogP contribution in [-0.4, -0.2) is 18.4 Å². The van der Waals surface area contributed by atoms with E-state index in [4.69, 9.17) is 0 Å². The van der Waals surface area contributed by atoms with Gasteiger partial charge in [0.05, 0.1) is 17.1 Å². The number of nitrogens with zero attached hydrogens (tertiary/aromatic N) is 2. The van der Waals surface area contributed by atoms with Gasteiger partial charge in [-0.05, 0) is 36.6 Å². The molecule has 0 saturated carbocycles. The van der Waals surface area contributed by atoms with Crippen molar-refractivity contribution in [1.82, 2.24) is 0 Å². The van der Waals surface area contributed by atoms with Crippen LogP contribution in [0.1, 0.15) is 26.7 Å². The van der Waals surface area contributed by atoms with Crippen molar-refractivity contribution in [3.63, 3.8) is 0 Å². The summed E-state index contributed by atoms with van der Waals surface area (Å²) in [5.74, 6) is -0.734. The Bertz CT molecular complexity index is 804. The fourth-order valence-electron chi connectivity index (χ4n) is 2.98. The van der Waals surface area contributed by atoms with Crippen LogP contribution in [0.3, 0.4) is 0 Å². The van der Waals surface area contributed by atoms with Gasteiger partial charge in [-0.2, -0.15) is 0 Å². The lowest BCUT2D eigenvalue weighted by Crippen LogP contribution is -2.33. The van der Waals surface area contributed by atoms with E-state index in [1.165, 1.54) is 11.0 Å². The second-order valence-corrected chi connectivity index (χ2v) is 6.57. The summed E-state index contributed by atoms with van der Waals surface area (Å²) >= 11 is 0. The van der Waals surface area contributed by atoms with Gasteiger partial charge in [-0.1, -0.05) is 38.1 Å². The number of anilines is 3. The smallest absolute Gasteiger partial charge is 0.241 e. The minimum absolute atomic E-state index is 0.165. The maximum atomic E-state index is 14.3. The molecule has 2 aromatic rings. The van der Waals surface area contributed by atoms with Crippen LogP contribution in [0.4, 0.5) is 21.5 Å². The Kier molecular flexibility index (Phi) is 4.83. The van der Waals surface area contributed by atoms with Crippen LogP contribution in [0.5, 0.6) is 0 Å². The van der Waals surface area contributed by atoms with Gasteiger partial charge in [0.1, 0.15) is 12.2 Å². The van der Waals surface area contributed by atoms with Gasteiger partial charge in [-0.25, -0.2) is 4.39 Å². The molecule has 0 aliphatic carbocycles. The number of hydrogen-bond acceptors (Lipinski definition) is 2. The second-order valence-electron chi connectivity index (χ2n) is 6.57. The molecule has 2 amide bonds. The first kappa shape index (κ1) is 17.1. The summed E-state index contributed by atoms with van der Waals surface area (Å²) in [7, 11) is 0. The van der Waals surface area contributed by atoms with Crippen LogP contribution in [0.25, 0.3) is 0 Å². The molecule has 0 spiro atoms. The summed E-state index contributed by atoms with van der Waals surface area (Å²) < 4.78 is 14.3. The molecule has 0 atom stereocenters. The molecule has 0 radical (unpaired) electrons. The number of hydrogen-bond donors (Lipinski definition) is 0. The summed E-state index contributed by atoms with van der Waals surface area (Å²) in [5.41, 5.74) is 1.34. The Hall–Kier alpha value is -2.69. The maximum absolute atomic E-state index is 14.3. The maximum Gasteiger partial charge on any atom is 0.241 e. The zero-order chi connectivity index (χ0) is 18.0. The third-order valence-electron chi connectivity index (χ3n) is 4.29. The Morgan fingerprint density at radius 2 is 1.52 bits per heavy atom. The molecule has 2 aromatic carbocycles. The molecule has 1 heterocycles. The van der Waals surface area contributed by atoms with Crippen LogP contribution in [0.2, 0.25) is 0 Å². The summed E-state index contributed by atoms with van der Waals surface area (Å²) in [6.07, 6.45) is 0.551. The van der Waals surface area contributed by atoms with Gasteiger partial charge in [0.15, 0.2) is 0 Å². The molecule has 0 N–H and O–H groups in total. The first-order valence-corrected chi connectivity index (χ1v) is 8.46. The lowest BCUT2D eigenvalue weighted by molar-refractivity contribution is -0.125. The number of carbonyl (C=O) groups excluding carboxylic acids is 2. The highest BCUT2D eigenvalue weighted by molar-refractivity contribution is 6.18. The molecule has 130 valence electrons. The largest absolute Gasteiger partial charge is 0.310 e. The second kappa shape index (κ2) is 7.05. The first-order valence-electron chi connectivity index (χ1n) is 8.46. The highest BCUT2D eigenvalue weighted by Gasteiger charge is 2.33. The van der Waals surface area contributed by atoms with Crippen molar-refractivity contribution in [2.45, 2.75) is 26.7 Å². The van der Waals surface area contributed by atoms with Crippen molar-refractivity contribution in [3.8, 4) is 0 Å². The Morgan fingerprint density at radius 1 is 0.920 bits per heavy atom. The molecule has 0 aromatic heterocycles. The van der Waals surface area contributed by atoms with Crippen molar-refractivity contribution in [1.29, 1.82) is 0 Å². The average molecular weight is 340 g/mol. The number of carbonyl (C=O) groups is 2. The Balaban J connectivity index is 2.11. The molecule has 0 bridgehead atoms. The molecule has 0 fully saturated rings. The molecule has 4 nitrogen and oxygen atoms in total. The lowest BCUT2D eigenvalue weighted by Gasteiger charge is -2.26. The number of amides is 2. The fourth-order valence-corrected chi connectivity index (χ4v) is 2.98. The van der Waals surface area contributed by atoms with Crippen molar-refractivity contribution in [2.75, 3.05) is 16.3 Å². The molecule has 3 rings (SSSR count). The topological polar surface area (TPSA) is 40.6 Å². The van der Waals surface area contributed by atoms with E-state index in [1.54, 1.807) is 41.3 Å². The number of fused-ring (bicyclic) bond motifs is 1. The first-order chi connectivity index (χ1) is 12.0. The Labute approximate surface area is 146 Å². The van der Waals surface area contributed by atoms with Crippen LogP contribution in [0, 0.1) is 11.7 Å². The summed E-state index contributed by atoms with van der Waals surface area (Å²) in [5, 5.41) is 0. The quantitative estimate of drug-likeness (QED) is 0.780. The van der Waals surface area contributed by atoms with Crippen molar-refractivity contribution >= 4 is 28.9 Å². The minimum atomic E-state index is -0.492. The van der Waals surface area contributed by atoms with Crippen LogP contribution in [0.15, 0.2) is 48.5 Å². The van der Waals surface area contributed by atoms with Gasteiger partial charge in [0.25, 0.3) is 0 Å². The molecular formula is C20H21FN2O2.